The van der Waals surface area contributed by atoms with Gasteiger partial charge in [0, 0.05) is 29.5 Å². The van der Waals surface area contributed by atoms with Gasteiger partial charge in [-0.2, -0.15) is 9.37 Å². The molecule has 0 atom stereocenters. The summed E-state index contributed by atoms with van der Waals surface area (Å²) in [4.78, 5) is 12.3. The molecule has 0 radical (unpaired) electrons. The molecular formula is C15H13FN4O2S2. The molecule has 0 fully saturated rings. The van der Waals surface area contributed by atoms with Crippen LogP contribution in [-0.2, 0) is 16.4 Å². The maximum atomic E-state index is 13.7. The average molecular weight is 364 g/mol. The first-order valence-electron chi connectivity index (χ1n) is 6.89. The highest BCUT2D eigenvalue weighted by atomic mass is 32.2. The maximum absolute atomic E-state index is 13.7. The summed E-state index contributed by atoms with van der Waals surface area (Å²) in [6.07, 6.45) is 2.82. The number of nitrogens with zero attached hydrogens (tertiary/aromatic N) is 3. The molecule has 0 aliphatic rings. The molecule has 124 valence electrons. The van der Waals surface area contributed by atoms with Crippen molar-refractivity contribution < 1.29 is 12.8 Å². The molecule has 0 aliphatic carbocycles. The summed E-state index contributed by atoms with van der Waals surface area (Å²) in [5.74, 6) is -0.162. The Morgan fingerprint density at radius 3 is 2.58 bits per heavy atom. The molecule has 1 aromatic carbocycles. The number of rotatable bonds is 5. The lowest BCUT2D eigenvalue weighted by Gasteiger charge is -2.07. The molecule has 2 heterocycles. The van der Waals surface area contributed by atoms with Crippen molar-refractivity contribution in [1.82, 2.24) is 15.0 Å². The minimum atomic E-state index is -3.28. The van der Waals surface area contributed by atoms with Gasteiger partial charge in [-0.3, -0.25) is 0 Å². The zero-order valence-electron chi connectivity index (χ0n) is 12.6. The second-order valence-electron chi connectivity index (χ2n) is 4.98. The molecule has 24 heavy (non-hydrogen) atoms. The van der Waals surface area contributed by atoms with Crippen molar-refractivity contribution in [3.63, 3.8) is 0 Å². The van der Waals surface area contributed by atoms with Gasteiger partial charge in [0.2, 0.25) is 5.95 Å². The summed E-state index contributed by atoms with van der Waals surface area (Å²) in [6, 6.07) is 7.19. The Morgan fingerprint density at radius 1 is 1.21 bits per heavy atom. The van der Waals surface area contributed by atoms with E-state index in [4.69, 9.17) is 0 Å². The van der Waals surface area contributed by atoms with E-state index in [0.717, 1.165) is 11.3 Å². The lowest BCUT2D eigenvalue weighted by atomic mass is 10.2. The highest BCUT2D eigenvalue weighted by molar-refractivity contribution is 7.90. The normalized spacial score (nSPS) is 11.4. The molecule has 0 aliphatic heterocycles. The number of hydrogen-bond donors (Lipinski definition) is 1. The van der Waals surface area contributed by atoms with E-state index in [9.17, 15) is 12.8 Å². The SMILES string of the molecule is CS(=O)(=O)c1ccc(-c2nc(F)cc(NCc3nccs3)n2)cc1. The summed E-state index contributed by atoms with van der Waals surface area (Å²) < 4.78 is 36.7. The molecule has 0 saturated carbocycles. The maximum Gasteiger partial charge on any atom is 0.218 e. The molecule has 9 heteroatoms. The lowest BCUT2D eigenvalue weighted by Crippen LogP contribution is -2.04. The number of hydrogen-bond acceptors (Lipinski definition) is 7. The van der Waals surface area contributed by atoms with E-state index >= 15 is 0 Å². The third-order valence-electron chi connectivity index (χ3n) is 3.14. The molecular weight excluding hydrogens is 351 g/mol. The van der Waals surface area contributed by atoms with Gasteiger partial charge >= 0.3 is 0 Å². The quantitative estimate of drug-likeness (QED) is 0.701. The van der Waals surface area contributed by atoms with Gasteiger partial charge in [-0.25, -0.2) is 18.4 Å². The second-order valence-corrected chi connectivity index (χ2v) is 7.97. The van der Waals surface area contributed by atoms with E-state index in [1.54, 1.807) is 18.3 Å². The number of sulfone groups is 1. The lowest BCUT2D eigenvalue weighted by molar-refractivity contribution is 0.582. The Balaban J connectivity index is 1.85. The van der Waals surface area contributed by atoms with Gasteiger partial charge in [0.15, 0.2) is 15.7 Å². The number of benzene rings is 1. The predicted molar refractivity (Wildman–Crippen MR) is 90.0 cm³/mol. The van der Waals surface area contributed by atoms with E-state index in [0.29, 0.717) is 17.9 Å². The molecule has 0 saturated heterocycles. The summed E-state index contributed by atoms with van der Waals surface area (Å²) in [5.41, 5.74) is 0.527. The first-order valence-corrected chi connectivity index (χ1v) is 9.66. The van der Waals surface area contributed by atoms with E-state index in [-0.39, 0.29) is 10.7 Å². The minimum Gasteiger partial charge on any atom is -0.363 e. The Kier molecular flexibility index (Phi) is 4.54. The van der Waals surface area contributed by atoms with Crippen LogP contribution in [0.5, 0.6) is 0 Å². The van der Waals surface area contributed by atoms with Crippen LogP contribution < -0.4 is 5.32 Å². The van der Waals surface area contributed by atoms with Gasteiger partial charge < -0.3 is 5.32 Å². The summed E-state index contributed by atoms with van der Waals surface area (Å²) in [5, 5.41) is 5.70. The molecule has 6 nitrogen and oxygen atoms in total. The van der Waals surface area contributed by atoms with Crippen LogP contribution in [-0.4, -0.2) is 29.6 Å². The molecule has 3 aromatic rings. The standard InChI is InChI=1S/C15H13FN4O2S2/c1-24(21,22)11-4-2-10(3-5-11)15-19-12(16)8-13(20-15)18-9-14-17-6-7-23-14/h2-8H,9H2,1H3,(H,18,19,20). The van der Waals surface area contributed by atoms with Gasteiger partial charge in [0.05, 0.1) is 11.4 Å². The highest BCUT2D eigenvalue weighted by Crippen LogP contribution is 2.20. The van der Waals surface area contributed by atoms with Crippen molar-refractivity contribution in [2.45, 2.75) is 11.4 Å². The molecule has 0 amide bonds. The van der Waals surface area contributed by atoms with Crippen molar-refractivity contribution >= 4 is 27.0 Å². The highest BCUT2D eigenvalue weighted by Gasteiger charge is 2.10. The number of nitrogens with one attached hydrogen (secondary N) is 1. The van der Waals surface area contributed by atoms with E-state index in [1.807, 2.05) is 5.38 Å². The molecule has 1 N–H and O–H groups in total. The number of aromatic nitrogens is 3. The van der Waals surface area contributed by atoms with Crippen LogP contribution in [0.4, 0.5) is 10.2 Å². The molecule has 0 spiro atoms. The second kappa shape index (κ2) is 6.62. The zero-order valence-corrected chi connectivity index (χ0v) is 14.2. The summed E-state index contributed by atoms with van der Waals surface area (Å²) >= 11 is 1.48. The van der Waals surface area contributed by atoms with Crippen LogP contribution in [0, 0.1) is 5.95 Å². The van der Waals surface area contributed by atoms with E-state index in [2.05, 4.69) is 20.3 Å². The van der Waals surface area contributed by atoms with Crippen molar-refractivity contribution in [1.29, 1.82) is 0 Å². The van der Waals surface area contributed by atoms with Crippen LogP contribution in [0.15, 0.2) is 46.8 Å². The van der Waals surface area contributed by atoms with Crippen LogP contribution in [0.1, 0.15) is 5.01 Å². The Bertz CT molecular complexity index is 942. The predicted octanol–water partition coefficient (Wildman–Crippen LogP) is 2.75. The molecule has 2 aromatic heterocycles. The topological polar surface area (TPSA) is 84.8 Å². The molecule has 0 unspecified atom stereocenters. The van der Waals surface area contributed by atoms with Gasteiger partial charge in [-0.1, -0.05) is 0 Å². The van der Waals surface area contributed by atoms with Gasteiger partial charge in [0.25, 0.3) is 0 Å². The smallest absolute Gasteiger partial charge is 0.218 e. The van der Waals surface area contributed by atoms with Crippen molar-refractivity contribution in [2.75, 3.05) is 11.6 Å². The Labute approximate surface area is 142 Å². The first-order chi connectivity index (χ1) is 11.4. The fourth-order valence-electron chi connectivity index (χ4n) is 1.99. The average Bonchev–Trinajstić information content (AvgIpc) is 3.05. The number of halogens is 1. The Morgan fingerprint density at radius 2 is 1.96 bits per heavy atom. The largest absolute Gasteiger partial charge is 0.363 e. The summed E-state index contributed by atoms with van der Waals surface area (Å²) in [6.45, 7) is 0.431. The van der Waals surface area contributed by atoms with E-state index < -0.39 is 15.8 Å². The van der Waals surface area contributed by atoms with Crippen LogP contribution in [0.25, 0.3) is 11.4 Å². The first kappa shape index (κ1) is 16.5. The fourth-order valence-corrected chi connectivity index (χ4v) is 3.18. The minimum absolute atomic E-state index is 0.177. The van der Waals surface area contributed by atoms with Crippen LogP contribution >= 0.6 is 11.3 Å². The van der Waals surface area contributed by atoms with Gasteiger partial charge in [-0.15, -0.1) is 11.3 Å². The van der Waals surface area contributed by atoms with Crippen LogP contribution in [0.2, 0.25) is 0 Å². The van der Waals surface area contributed by atoms with Gasteiger partial charge in [0.1, 0.15) is 10.8 Å². The summed E-state index contributed by atoms with van der Waals surface area (Å²) in [7, 11) is -3.28. The van der Waals surface area contributed by atoms with Gasteiger partial charge in [-0.05, 0) is 24.3 Å². The molecule has 3 rings (SSSR count). The van der Waals surface area contributed by atoms with Crippen molar-refractivity contribution in [2.24, 2.45) is 0 Å². The van der Waals surface area contributed by atoms with Crippen molar-refractivity contribution in [3.8, 4) is 11.4 Å². The monoisotopic (exact) mass is 364 g/mol. The molecule has 0 bridgehead atoms. The van der Waals surface area contributed by atoms with E-state index in [1.165, 1.54) is 29.5 Å². The van der Waals surface area contributed by atoms with Crippen molar-refractivity contribution in [3.05, 3.63) is 52.9 Å². The third-order valence-corrected chi connectivity index (χ3v) is 5.05. The fraction of sp³-hybridized carbons (Fsp3) is 0.133. The third kappa shape index (κ3) is 3.92. The number of anilines is 1. The Hall–Kier alpha value is -2.39. The van der Waals surface area contributed by atoms with Crippen LogP contribution in [0.3, 0.4) is 0 Å². The zero-order chi connectivity index (χ0) is 17.2. The number of thiazole rings is 1.